The Kier molecular flexibility index (Phi) is 2.98. The average molecular weight is 228 g/mol. The zero-order valence-corrected chi connectivity index (χ0v) is 9.57. The molecule has 1 aliphatic carbocycles. The summed E-state index contributed by atoms with van der Waals surface area (Å²) in [5.41, 5.74) is 1.26. The van der Waals surface area contributed by atoms with Crippen LogP contribution in [0.25, 0.3) is 0 Å². The Bertz CT molecular complexity index is 361. The van der Waals surface area contributed by atoms with Crippen molar-refractivity contribution in [1.29, 1.82) is 0 Å². The van der Waals surface area contributed by atoms with Gasteiger partial charge in [-0.1, -0.05) is 11.6 Å². The molecule has 0 saturated heterocycles. The van der Waals surface area contributed by atoms with E-state index in [1.54, 1.807) is 12.1 Å². The second-order valence-electron chi connectivity index (χ2n) is 4.44. The number of halogens is 2. The molecule has 0 heterocycles. The van der Waals surface area contributed by atoms with Crippen LogP contribution in [0, 0.1) is 11.2 Å². The summed E-state index contributed by atoms with van der Waals surface area (Å²) in [6.45, 7) is 0.986. The summed E-state index contributed by atoms with van der Waals surface area (Å²) in [5, 5.41) is 3.87. The van der Waals surface area contributed by atoms with Gasteiger partial charge in [-0.05, 0) is 55.5 Å². The number of nitrogens with one attached hydrogen (secondary N) is 1. The van der Waals surface area contributed by atoms with Gasteiger partial charge in [0.15, 0.2) is 0 Å². The molecule has 0 radical (unpaired) electrons. The number of hydrogen-bond acceptors (Lipinski definition) is 1. The molecule has 0 atom stereocenters. The molecule has 0 amide bonds. The van der Waals surface area contributed by atoms with Gasteiger partial charge >= 0.3 is 0 Å². The highest BCUT2D eigenvalue weighted by molar-refractivity contribution is 6.31. The fraction of sp³-hybridized carbons (Fsp3) is 0.500. The van der Waals surface area contributed by atoms with Crippen molar-refractivity contribution in [2.24, 2.45) is 5.41 Å². The third-order valence-electron chi connectivity index (χ3n) is 3.08. The van der Waals surface area contributed by atoms with E-state index < -0.39 is 0 Å². The van der Waals surface area contributed by atoms with Gasteiger partial charge in [-0.2, -0.15) is 0 Å². The minimum Gasteiger partial charge on any atom is -0.319 e. The van der Waals surface area contributed by atoms with E-state index >= 15 is 0 Å². The predicted octanol–water partition coefficient (Wildman–Crippen LogP) is 3.02. The van der Waals surface area contributed by atoms with E-state index in [-0.39, 0.29) is 5.82 Å². The molecule has 1 nitrogen and oxygen atoms in total. The molecule has 1 fully saturated rings. The van der Waals surface area contributed by atoms with Crippen molar-refractivity contribution in [3.8, 4) is 0 Å². The topological polar surface area (TPSA) is 12.0 Å². The summed E-state index contributed by atoms with van der Waals surface area (Å²) in [7, 11) is 1.95. The zero-order valence-electron chi connectivity index (χ0n) is 8.82. The maximum Gasteiger partial charge on any atom is 0.123 e. The Labute approximate surface area is 94.6 Å². The van der Waals surface area contributed by atoms with Crippen molar-refractivity contribution < 1.29 is 4.39 Å². The maximum atomic E-state index is 13.1. The van der Waals surface area contributed by atoms with E-state index in [2.05, 4.69) is 5.32 Å². The molecular weight excluding hydrogens is 213 g/mol. The lowest BCUT2D eigenvalue weighted by molar-refractivity contribution is 0.477. The lowest BCUT2D eigenvalue weighted by atomic mass is 9.96. The van der Waals surface area contributed by atoms with Crippen LogP contribution < -0.4 is 5.32 Å². The molecule has 0 unspecified atom stereocenters. The van der Waals surface area contributed by atoms with Crippen LogP contribution in [0.5, 0.6) is 0 Å². The normalized spacial score (nSPS) is 17.8. The Morgan fingerprint density at radius 2 is 2.20 bits per heavy atom. The standard InChI is InChI=1S/C12H15ClFN/c1-15-8-12(4-5-12)7-9-6-10(14)2-3-11(9)13/h2-3,6,15H,4-5,7-8H2,1H3. The van der Waals surface area contributed by atoms with Crippen LogP contribution in [0.4, 0.5) is 4.39 Å². The maximum absolute atomic E-state index is 13.1. The highest BCUT2D eigenvalue weighted by Gasteiger charge is 2.42. The Morgan fingerprint density at radius 3 is 2.80 bits per heavy atom. The molecule has 0 bridgehead atoms. The largest absolute Gasteiger partial charge is 0.319 e. The van der Waals surface area contributed by atoms with E-state index in [9.17, 15) is 4.39 Å². The van der Waals surface area contributed by atoms with Gasteiger partial charge in [0.05, 0.1) is 0 Å². The van der Waals surface area contributed by atoms with Crippen LogP contribution in [0.1, 0.15) is 18.4 Å². The first-order chi connectivity index (χ1) is 7.15. The van der Waals surface area contributed by atoms with Gasteiger partial charge in [0.2, 0.25) is 0 Å². The molecule has 3 heteroatoms. The second-order valence-corrected chi connectivity index (χ2v) is 4.85. The van der Waals surface area contributed by atoms with Gasteiger partial charge in [0.1, 0.15) is 5.82 Å². The number of benzene rings is 1. The average Bonchev–Trinajstić information content (AvgIpc) is 2.92. The van der Waals surface area contributed by atoms with Crippen LogP contribution in [0.2, 0.25) is 5.02 Å². The molecule has 1 aromatic rings. The first-order valence-electron chi connectivity index (χ1n) is 5.24. The quantitative estimate of drug-likeness (QED) is 0.834. The molecule has 0 spiro atoms. The minimum absolute atomic E-state index is 0.199. The molecule has 2 rings (SSSR count). The van der Waals surface area contributed by atoms with Crippen LogP contribution in [-0.2, 0) is 6.42 Å². The van der Waals surface area contributed by atoms with Gasteiger partial charge in [-0.25, -0.2) is 4.39 Å². The van der Waals surface area contributed by atoms with Gasteiger partial charge in [-0.15, -0.1) is 0 Å². The smallest absolute Gasteiger partial charge is 0.123 e. The van der Waals surface area contributed by atoms with Crippen molar-refractivity contribution in [2.45, 2.75) is 19.3 Å². The summed E-state index contributed by atoms with van der Waals surface area (Å²) < 4.78 is 13.1. The monoisotopic (exact) mass is 227 g/mol. The lowest BCUT2D eigenvalue weighted by Crippen LogP contribution is -2.22. The van der Waals surface area contributed by atoms with Crippen molar-refractivity contribution in [3.05, 3.63) is 34.6 Å². The van der Waals surface area contributed by atoms with Crippen molar-refractivity contribution >= 4 is 11.6 Å². The molecule has 1 aromatic carbocycles. The first-order valence-corrected chi connectivity index (χ1v) is 5.62. The van der Waals surface area contributed by atoms with Crippen LogP contribution in [-0.4, -0.2) is 13.6 Å². The highest BCUT2D eigenvalue weighted by atomic mass is 35.5. The molecule has 15 heavy (non-hydrogen) atoms. The minimum atomic E-state index is -0.199. The zero-order chi connectivity index (χ0) is 10.9. The van der Waals surface area contributed by atoms with E-state index in [1.807, 2.05) is 7.05 Å². The molecule has 1 N–H and O–H groups in total. The number of hydrogen-bond donors (Lipinski definition) is 1. The van der Waals surface area contributed by atoms with E-state index in [0.717, 1.165) is 18.5 Å². The fourth-order valence-electron chi connectivity index (χ4n) is 2.05. The van der Waals surface area contributed by atoms with Gasteiger partial charge in [-0.3, -0.25) is 0 Å². The van der Waals surface area contributed by atoms with Crippen molar-refractivity contribution in [2.75, 3.05) is 13.6 Å². The summed E-state index contributed by atoms with van der Waals surface area (Å²) in [6.07, 6.45) is 3.30. The summed E-state index contributed by atoms with van der Waals surface area (Å²) >= 11 is 6.04. The summed E-state index contributed by atoms with van der Waals surface area (Å²) in [6, 6.07) is 4.60. The highest BCUT2D eigenvalue weighted by Crippen LogP contribution is 2.48. The molecule has 1 saturated carbocycles. The van der Waals surface area contributed by atoms with E-state index in [4.69, 9.17) is 11.6 Å². The van der Waals surface area contributed by atoms with Gasteiger partial charge in [0.25, 0.3) is 0 Å². The fourth-order valence-corrected chi connectivity index (χ4v) is 2.23. The van der Waals surface area contributed by atoms with Crippen LogP contribution >= 0.6 is 11.6 Å². The van der Waals surface area contributed by atoms with Gasteiger partial charge in [0, 0.05) is 11.6 Å². The Balaban J connectivity index is 2.13. The van der Waals surface area contributed by atoms with E-state index in [0.29, 0.717) is 10.4 Å². The summed E-state index contributed by atoms with van der Waals surface area (Å²) in [4.78, 5) is 0. The van der Waals surface area contributed by atoms with Gasteiger partial charge < -0.3 is 5.32 Å². The number of rotatable bonds is 4. The molecule has 82 valence electrons. The molecule has 0 aromatic heterocycles. The molecule has 0 aliphatic heterocycles. The van der Waals surface area contributed by atoms with Crippen molar-refractivity contribution in [1.82, 2.24) is 5.32 Å². The van der Waals surface area contributed by atoms with Crippen LogP contribution in [0.3, 0.4) is 0 Å². The van der Waals surface area contributed by atoms with E-state index in [1.165, 1.54) is 18.9 Å². The summed E-state index contributed by atoms with van der Waals surface area (Å²) in [5.74, 6) is -0.199. The Hall–Kier alpha value is -0.600. The molecule has 1 aliphatic rings. The third kappa shape index (κ3) is 2.50. The molecular formula is C12H15ClFN. The third-order valence-corrected chi connectivity index (χ3v) is 3.45. The Morgan fingerprint density at radius 1 is 1.47 bits per heavy atom. The SMILES string of the molecule is CNCC1(Cc2cc(F)ccc2Cl)CC1. The van der Waals surface area contributed by atoms with Crippen LogP contribution in [0.15, 0.2) is 18.2 Å². The predicted molar refractivity (Wildman–Crippen MR) is 60.7 cm³/mol. The second kappa shape index (κ2) is 4.11. The van der Waals surface area contributed by atoms with Crippen molar-refractivity contribution in [3.63, 3.8) is 0 Å². The lowest BCUT2D eigenvalue weighted by Gasteiger charge is -2.15. The first kappa shape index (κ1) is 10.9.